The molecule has 0 radical (unpaired) electrons. The number of aromatic amines is 1. The van der Waals surface area contributed by atoms with Crippen LogP contribution in [-0.4, -0.2) is 27.2 Å². The molecule has 122 valence electrons. The second-order valence-electron chi connectivity index (χ2n) is 5.93. The van der Waals surface area contributed by atoms with Crippen LogP contribution < -0.4 is 10.9 Å². The number of amides is 1. The predicted molar refractivity (Wildman–Crippen MR) is 88.6 cm³/mol. The van der Waals surface area contributed by atoms with Crippen LogP contribution in [0.4, 0.5) is 0 Å². The van der Waals surface area contributed by atoms with Crippen molar-refractivity contribution in [1.82, 2.24) is 20.1 Å². The molecule has 2 heterocycles. The average Bonchev–Trinajstić information content (AvgIpc) is 2.96. The molecule has 0 saturated carbocycles. The van der Waals surface area contributed by atoms with Gasteiger partial charge in [0.1, 0.15) is 5.69 Å². The molecule has 0 aromatic heterocycles. The van der Waals surface area contributed by atoms with Crippen LogP contribution in [0.3, 0.4) is 0 Å². The van der Waals surface area contributed by atoms with Gasteiger partial charge in [-0.05, 0) is 39.0 Å². The van der Waals surface area contributed by atoms with Gasteiger partial charge >= 0.3 is 0 Å². The number of fused-ring (bicyclic) bond motifs is 1. The highest BCUT2D eigenvalue weighted by molar-refractivity contribution is 5.99. The van der Waals surface area contributed by atoms with Crippen molar-refractivity contribution in [1.29, 1.82) is 0 Å². The number of aromatic nitrogens is 3. The Kier molecular flexibility index (Phi) is 4.60. The van der Waals surface area contributed by atoms with E-state index in [0.717, 1.165) is 19.3 Å². The molecule has 0 saturated heterocycles. The Balaban J connectivity index is 1.72. The van der Waals surface area contributed by atoms with Gasteiger partial charge in [-0.2, -0.15) is 5.10 Å². The molecule has 3 rings (SSSR count). The summed E-state index contributed by atoms with van der Waals surface area (Å²) in [6.07, 6.45) is 11.5. The van der Waals surface area contributed by atoms with Crippen molar-refractivity contribution in [2.75, 3.05) is 6.54 Å². The van der Waals surface area contributed by atoms with Crippen LogP contribution in [0.15, 0.2) is 28.8 Å². The van der Waals surface area contributed by atoms with Crippen LogP contribution in [0.1, 0.15) is 49.4 Å². The molecule has 6 nitrogen and oxygen atoms in total. The minimum Gasteiger partial charge on any atom is -0.353 e. The molecule has 0 spiro atoms. The van der Waals surface area contributed by atoms with Crippen LogP contribution in [0.5, 0.6) is 0 Å². The Morgan fingerprint density at radius 1 is 1.39 bits per heavy atom. The zero-order valence-corrected chi connectivity index (χ0v) is 13.4. The van der Waals surface area contributed by atoms with E-state index in [2.05, 4.69) is 21.6 Å². The SMILES string of the molecule is CCn1cc(C(=O)NCCC2=CCCCC2)c2n[nH]c(=O)c-2c1. The largest absolute Gasteiger partial charge is 0.353 e. The molecule has 0 bridgehead atoms. The van der Waals surface area contributed by atoms with Crippen molar-refractivity contribution < 1.29 is 4.79 Å². The van der Waals surface area contributed by atoms with Gasteiger partial charge in [0.15, 0.2) is 0 Å². The molecule has 2 aliphatic heterocycles. The maximum atomic E-state index is 12.5. The number of rotatable bonds is 5. The van der Waals surface area contributed by atoms with Crippen LogP contribution >= 0.6 is 0 Å². The fourth-order valence-corrected chi connectivity index (χ4v) is 3.00. The Bertz CT molecular complexity index is 756. The molecule has 0 unspecified atom stereocenters. The Morgan fingerprint density at radius 2 is 2.26 bits per heavy atom. The van der Waals surface area contributed by atoms with Crippen molar-refractivity contribution in [3.8, 4) is 11.3 Å². The second kappa shape index (κ2) is 6.81. The summed E-state index contributed by atoms with van der Waals surface area (Å²) in [5, 5.41) is 9.36. The van der Waals surface area contributed by atoms with E-state index in [1.54, 1.807) is 12.4 Å². The van der Waals surface area contributed by atoms with Gasteiger partial charge in [-0.1, -0.05) is 11.6 Å². The molecule has 1 amide bonds. The fraction of sp³-hybridized carbons (Fsp3) is 0.471. The standard InChI is InChI=1S/C17H22N4O2/c1-2-21-10-13(15-14(11-21)17(23)20-19-15)16(22)18-9-8-12-6-4-3-5-7-12/h6,10-11H,2-5,7-9H2,1H3,(H,18,22)(H,20,23). The Labute approximate surface area is 134 Å². The summed E-state index contributed by atoms with van der Waals surface area (Å²) in [6.45, 7) is 3.27. The molecule has 0 fully saturated rings. The number of allylic oxidation sites excluding steroid dienone is 1. The zero-order chi connectivity index (χ0) is 16.2. The normalized spacial score (nSPS) is 14.7. The monoisotopic (exact) mass is 314 g/mol. The highest BCUT2D eigenvalue weighted by atomic mass is 16.2. The lowest BCUT2D eigenvalue weighted by molar-refractivity contribution is 0.0953. The molecule has 0 aromatic rings. The van der Waals surface area contributed by atoms with Gasteiger partial charge in [-0.25, -0.2) is 5.10 Å². The number of nitrogens with zero attached hydrogens (tertiary/aromatic N) is 2. The first-order chi connectivity index (χ1) is 11.2. The van der Waals surface area contributed by atoms with Crippen molar-refractivity contribution >= 4 is 5.91 Å². The van der Waals surface area contributed by atoms with Gasteiger partial charge < -0.3 is 9.88 Å². The maximum absolute atomic E-state index is 12.5. The van der Waals surface area contributed by atoms with Gasteiger partial charge in [-0.3, -0.25) is 9.59 Å². The first-order valence-electron chi connectivity index (χ1n) is 8.23. The molecule has 6 heteroatoms. The molecule has 2 N–H and O–H groups in total. The summed E-state index contributed by atoms with van der Waals surface area (Å²) in [6, 6.07) is 0. The third kappa shape index (κ3) is 3.36. The smallest absolute Gasteiger partial charge is 0.275 e. The summed E-state index contributed by atoms with van der Waals surface area (Å²) in [7, 11) is 0. The van der Waals surface area contributed by atoms with Gasteiger partial charge in [0, 0.05) is 25.5 Å². The predicted octanol–water partition coefficient (Wildman–Crippen LogP) is 2.32. The van der Waals surface area contributed by atoms with Gasteiger partial charge in [0.25, 0.3) is 11.5 Å². The van der Waals surface area contributed by atoms with Crippen LogP contribution in [-0.2, 0) is 6.54 Å². The number of H-pyrrole nitrogens is 1. The fourth-order valence-electron chi connectivity index (χ4n) is 3.00. The highest BCUT2D eigenvalue weighted by Crippen LogP contribution is 2.21. The number of nitrogens with one attached hydrogen (secondary N) is 2. The lowest BCUT2D eigenvalue weighted by Crippen LogP contribution is -2.26. The van der Waals surface area contributed by atoms with Crippen molar-refractivity contribution in [2.45, 2.75) is 45.6 Å². The molecular formula is C17H22N4O2. The topological polar surface area (TPSA) is 79.8 Å². The van der Waals surface area contributed by atoms with Gasteiger partial charge in [-0.15, -0.1) is 0 Å². The van der Waals surface area contributed by atoms with E-state index in [1.165, 1.54) is 18.4 Å². The summed E-state index contributed by atoms with van der Waals surface area (Å²) in [5.74, 6) is -0.180. The summed E-state index contributed by atoms with van der Waals surface area (Å²) >= 11 is 0. The number of hydrogen-bond acceptors (Lipinski definition) is 3. The molecule has 23 heavy (non-hydrogen) atoms. The molecular weight excluding hydrogens is 292 g/mol. The lowest BCUT2D eigenvalue weighted by atomic mass is 9.97. The van der Waals surface area contributed by atoms with Crippen LogP contribution in [0, 0.1) is 0 Å². The Morgan fingerprint density at radius 3 is 3.00 bits per heavy atom. The van der Waals surface area contributed by atoms with E-state index in [9.17, 15) is 9.59 Å². The van der Waals surface area contributed by atoms with E-state index in [-0.39, 0.29) is 11.5 Å². The summed E-state index contributed by atoms with van der Waals surface area (Å²) < 4.78 is 1.83. The van der Waals surface area contributed by atoms with E-state index in [0.29, 0.717) is 29.9 Å². The van der Waals surface area contributed by atoms with E-state index < -0.39 is 0 Å². The summed E-state index contributed by atoms with van der Waals surface area (Å²) in [4.78, 5) is 24.2. The van der Waals surface area contributed by atoms with Crippen molar-refractivity contribution in [2.24, 2.45) is 0 Å². The molecule has 0 atom stereocenters. The Hall–Kier alpha value is -2.37. The van der Waals surface area contributed by atoms with Gasteiger partial charge in [0.2, 0.25) is 0 Å². The third-order valence-corrected chi connectivity index (χ3v) is 4.34. The number of carbonyl (C=O) groups is 1. The zero-order valence-electron chi connectivity index (χ0n) is 13.4. The quantitative estimate of drug-likeness (QED) is 0.831. The number of hydrogen-bond donors (Lipinski definition) is 2. The minimum absolute atomic E-state index is 0.180. The van der Waals surface area contributed by atoms with Crippen molar-refractivity contribution in [3.05, 3.63) is 40.0 Å². The van der Waals surface area contributed by atoms with E-state index in [1.807, 2.05) is 11.5 Å². The number of pyridine rings is 1. The average molecular weight is 314 g/mol. The highest BCUT2D eigenvalue weighted by Gasteiger charge is 2.20. The molecule has 0 aromatic carbocycles. The van der Waals surface area contributed by atoms with Crippen molar-refractivity contribution in [3.63, 3.8) is 0 Å². The first-order valence-corrected chi connectivity index (χ1v) is 8.23. The van der Waals surface area contributed by atoms with E-state index in [4.69, 9.17) is 0 Å². The lowest BCUT2D eigenvalue weighted by Gasteiger charge is -2.14. The second-order valence-corrected chi connectivity index (χ2v) is 5.93. The van der Waals surface area contributed by atoms with Crippen LogP contribution in [0.2, 0.25) is 0 Å². The number of aryl methyl sites for hydroxylation is 1. The summed E-state index contributed by atoms with van der Waals surface area (Å²) in [5.41, 5.74) is 2.51. The minimum atomic E-state index is -0.260. The van der Waals surface area contributed by atoms with E-state index >= 15 is 0 Å². The number of carbonyl (C=O) groups excluding carboxylic acids is 1. The maximum Gasteiger partial charge on any atom is 0.275 e. The molecule has 1 aliphatic carbocycles. The van der Waals surface area contributed by atoms with Crippen LogP contribution in [0.25, 0.3) is 11.3 Å². The third-order valence-electron chi connectivity index (χ3n) is 4.34. The molecule has 3 aliphatic rings. The first kappa shape index (κ1) is 15.5. The van der Waals surface area contributed by atoms with Gasteiger partial charge in [0.05, 0.1) is 11.1 Å².